The lowest BCUT2D eigenvalue weighted by Crippen LogP contribution is -2.30. The van der Waals surface area contributed by atoms with Crippen molar-refractivity contribution in [3.63, 3.8) is 0 Å². The molecule has 0 aliphatic heterocycles. The van der Waals surface area contributed by atoms with Crippen molar-refractivity contribution in [3.05, 3.63) is 21.9 Å². The van der Waals surface area contributed by atoms with Crippen molar-refractivity contribution in [2.24, 2.45) is 0 Å². The van der Waals surface area contributed by atoms with Gasteiger partial charge in [0.05, 0.1) is 17.6 Å². The van der Waals surface area contributed by atoms with Gasteiger partial charge in [-0.2, -0.15) is 5.26 Å². The zero-order valence-corrected chi connectivity index (χ0v) is 12.0. The molecule has 0 radical (unpaired) electrons. The van der Waals surface area contributed by atoms with E-state index in [2.05, 4.69) is 16.6 Å². The van der Waals surface area contributed by atoms with Gasteiger partial charge in [0.2, 0.25) is 10.0 Å². The van der Waals surface area contributed by atoms with E-state index >= 15 is 0 Å². The molecule has 19 heavy (non-hydrogen) atoms. The molecule has 0 spiro atoms. The number of hydrogen-bond acceptors (Lipinski definition) is 5. The highest BCUT2D eigenvalue weighted by Gasteiger charge is 2.19. The van der Waals surface area contributed by atoms with Gasteiger partial charge in [-0.25, -0.2) is 13.1 Å². The Morgan fingerprint density at radius 3 is 2.89 bits per heavy atom. The van der Waals surface area contributed by atoms with Gasteiger partial charge in [-0.3, -0.25) is 0 Å². The van der Waals surface area contributed by atoms with Crippen LogP contribution in [-0.4, -0.2) is 25.4 Å². The summed E-state index contributed by atoms with van der Waals surface area (Å²) in [5.41, 5.74) is 0. The quantitative estimate of drug-likeness (QED) is 0.787. The second kappa shape index (κ2) is 7.27. The Morgan fingerprint density at radius 2 is 2.26 bits per heavy atom. The Bertz CT molecular complexity index is 617. The van der Waals surface area contributed by atoms with Crippen LogP contribution in [0.2, 0.25) is 0 Å². The standard InChI is InChI=1S/C12H14N2O3S2/c1-10(8-13)19(16,17)14-9-12-6-5-11(18-12)4-2-3-7-15/h5-6,10,14-15H,3,7,9H2,1H3. The minimum absolute atomic E-state index is 0.0249. The van der Waals surface area contributed by atoms with Crippen molar-refractivity contribution in [3.8, 4) is 17.9 Å². The van der Waals surface area contributed by atoms with Crippen molar-refractivity contribution in [2.75, 3.05) is 6.61 Å². The number of nitrogens with zero attached hydrogens (tertiary/aromatic N) is 1. The highest BCUT2D eigenvalue weighted by Crippen LogP contribution is 2.15. The number of nitriles is 1. The molecule has 1 rings (SSSR count). The van der Waals surface area contributed by atoms with E-state index in [1.54, 1.807) is 18.2 Å². The molecule has 0 saturated heterocycles. The topological polar surface area (TPSA) is 90.2 Å². The predicted octanol–water partition coefficient (Wildman–Crippen LogP) is 0.813. The van der Waals surface area contributed by atoms with E-state index in [0.29, 0.717) is 6.42 Å². The normalized spacial score (nSPS) is 12.3. The first kappa shape index (κ1) is 15.7. The molecule has 102 valence electrons. The van der Waals surface area contributed by atoms with E-state index in [0.717, 1.165) is 9.75 Å². The molecule has 0 aliphatic carbocycles. The number of rotatable bonds is 5. The van der Waals surface area contributed by atoms with E-state index in [4.69, 9.17) is 10.4 Å². The molecule has 0 saturated carbocycles. The smallest absolute Gasteiger partial charge is 0.228 e. The average Bonchev–Trinajstić information content (AvgIpc) is 2.84. The summed E-state index contributed by atoms with van der Waals surface area (Å²) < 4.78 is 25.5. The molecule has 1 aromatic heterocycles. The van der Waals surface area contributed by atoms with Crippen LogP contribution in [0.3, 0.4) is 0 Å². The van der Waals surface area contributed by atoms with Crippen LogP contribution in [-0.2, 0) is 16.6 Å². The van der Waals surface area contributed by atoms with E-state index < -0.39 is 15.3 Å². The van der Waals surface area contributed by atoms with Crippen molar-refractivity contribution < 1.29 is 13.5 Å². The molecule has 0 amide bonds. The van der Waals surface area contributed by atoms with E-state index in [1.807, 2.05) is 0 Å². The summed E-state index contributed by atoms with van der Waals surface area (Å²) in [4.78, 5) is 1.64. The Balaban J connectivity index is 2.62. The minimum atomic E-state index is -3.59. The number of aliphatic hydroxyl groups excluding tert-OH is 1. The maximum Gasteiger partial charge on any atom is 0.228 e. The lowest BCUT2D eigenvalue weighted by atomic mass is 10.4. The number of nitrogens with one attached hydrogen (secondary N) is 1. The van der Waals surface area contributed by atoms with E-state index in [9.17, 15) is 8.42 Å². The monoisotopic (exact) mass is 298 g/mol. The Kier molecular flexibility index (Phi) is 6.00. The van der Waals surface area contributed by atoms with Gasteiger partial charge in [0, 0.05) is 17.8 Å². The van der Waals surface area contributed by atoms with Gasteiger partial charge in [-0.1, -0.05) is 11.8 Å². The first-order valence-corrected chi connectivity index (χ1v) is 7.92. The van der Waals surface area contributed by atoms with E-state index in [1.165, 1.54) is 18.3 Å². The van der Waals surface area contributed by atoms with Gasteiger partial charge in [0.25, 0.3) is 0 Å². The minimum Gasteiger partial charge on any atom is -0.395 e. The fraction of sp³-hybridized carbons (Fsp3) is 0.417. The lowest BCUT2D eigenvalue weighted by molar-refractivity contribution is 0.305. The number of hydrogen-bond donors (Lipinski definition) is 2. The Morgan fingerprint density at radius 1 is 1.53 bits per heavy atom. The van der Waals surface area contributed by atoms with Crippen LogP contribution in [0.1, 0.15) is 23.1 Å². The summed E-state index contributed by atoms with van der Waals surface area (Å²) in [6.07, 6.45) is 0.416. The maximum absolute atomic E-state index is 11.6. The van der Waals surface area contributed by atoms with Crippen LogP contribution < -0.4 is 4.72 Å². The van der Waals surface area contributed by atoms with E-state index in [-0.39, 0.29) is 13.2 Å². The molecule has 1 aromatic rings. The molecule has 0 aromatic carbocycles. The second-order valence-corrected chi connectivity index (χ2v) is 6.93. The molecule has 1 unspecified atom stereocenters. The fourth-order valence-corrected chi connectivity index (χ4v) is 2.77. The molecule has 7 heteroatoms. The molecule has 1 atom stereocenters. The average molecular weight is 298 g/mol. The first-order valence-electron chi connectivity index (χ1n) is 5.56. The Labute approximate surface area is 116 Å². The maximum atomic E-state index is 11.6. The number of thiophene rings is 1. The summed E-state index contributed by atoms with van der Waals surface area (Å²) in [5.74, 6) is 5.67. The first-order chi connectivity index (χ1) is 8.99. The van der Waals surface area contributed by atoms with Gasteiger partial charge >= 0.3 is 0 Å². The number of sulfonamides is 1. The number of aliphatic hydroxyl groups is 1. The van der Waals surface area contributed by atoms with Crippen molar-refractivity contribution in [1.29, 1.82) is 5.26 Å². The molecular formula is C12H14N2O3S2. The SMILES string of the molecule is CC(C#N)S(=O)(=O)NCc1ccc(C#CCCO)s1. The van der Waals surface area contributed by atoms with Crippen molar-refractivity contribution >= 4 is 21.4 Å². The van der Waals surface area contributed by atoms with Crippen LogP contribution in [0.25, 0.3) is 0 Å². The molecule has 2 N–H and O–H groups in total. The summed E-state index contributed by atoms with van der Waals surface area (Å²) in [6.45, 7) is 1.51. The molecule has 0 bridgehead atoms. The lowest BCUT2D eigenvalue weighted by Gasteiger charge is -2.05. The summed E-state index contributed by atoms with van der Waals surface area (Å²) in [6, 6.07) is 5.27. The van der Waals surface area contributed by atoms with Crippen LogP contribution in [0.4, 0.5) is 0 Å². The largest absolute Gasteiger partial charge is 0.395 e. The van der Waals surface area contributed by atoms with Crippen LogP contribution in [0, 0.1) is 23.2 Å². The Hall–Kier alpha value is -1.38. The van der Waals surface area contributed by atoms with Gasteiger partial charge in [0.15, 0.2) is 5.25 Å². The zero-order chi connectivity index (χ0) is 14.3. The van der Waals surface area contributed by atoms with Crippen LogP contribution in [0.15, 0.2) is 12.1 Å². The van der Waals surface area contributed by atoms with Crippen molar-refractivity contribution in [2.45, 2.75) is 25.1 Å². The summed E-state index contributed by atoms with van der Waals surface area (Å²) in [5, 5.41) is 16.1. The van der Waals surface area contributed by atoms with Gasteiger partial charge in [-0.15, -0.1) is 11.3 Å². The summed E-state index contributed by atoms with van der Waals surface area (Å²) >= 11 is 1.38. The third-order valence-corrected chi connectivity index (χ3v) is 4.79. The third kappa shape index (κ3) is 5.01. The van der Waals surface area contributed by atoms with Gasteiger partial charge < -0.3 is 5.11 Å². The second-order valence-electron chi connectivity index (χ2n) is 3.68. The van der Waals surface area contributed by atoms with Gasteiger partial charge in [-0.05, 0) is 19.1 Å². The predicted molar refractivity (Wildman–Crippen MR) is 73.7 cm³/mol. The highest BCUT2D eigenvalue weighted by molar-refractivity contribution is 7.90. The fourth-order valence-electron chi connectivity index (χ4n) is 1.11. The third-order valence-electron chi connectivity index (χ3n) is 2.20. The molecule has 5 nitrogen and oxygen atoms in total. The van der Waals surface area contributed by atoms with Crippen LogP contribution >= 0.6 is 11.3 Å². The molecule has 1 heterocycles. The van der Waals surface area contributed by atoms with Crippen LogP contribution in [0.5, 0.6) is 0 Å². The van der Waals surface area contributed by atoms with Crippen molar-refractivity contribution in [1.82, 2.24) is 4.72 Å². The molecule has 0 fully saturated rings. The summed E-state index contributed by atoms with van der Waals surface area (Å²) in [7, 11) is -3.59. The molecule has 0 aliphatic rings. The zero-order valence-electron chi connectivity index (χ0n) is 10.4. The van der Waals surface area contributed by atoms with Gasteiger partial charge in [0.1, 0.15) is 0 Å². The molecular weight excluding hydrogens is 284 g/mol. The highest BCUT2D eigenvalue weighted by atomic mass is 32.2.